The molecule has 27 heavy (non-hydrogen) atoms. The number of aromatic nitrogens is 3. The van der Waals surface area contributed by atoms with Crippen LogP contribution in [0.3, 0.4) is 0 Å². The van der Waals surface area contributed by atoms with Crippen LogP contribution in [0.25, 0.3) is 5.69 Å². The molecule has 0 bridgehead atoms. The zero-order valence-corrected chi connectivity index (χ0v) is 16.6. The highest BCUT2D eigenvalue weighted by Crippen LogP contribution is 2.35. The van der Waals surface area contributed by atoms with Crippen LogP contribution in [0.15, 0.2) is 53.7 Å². The van der Waals surface area contributed by atoms with E-state index in [4.69, 9.17) is 0 Å². The van der Waals surface area contributed by atoms with Crippen molar-refractivity contribution in [3.8, 4) is 5.69 Å². The van der Waals surface area contributed by atoms with Crippen molar-refractivity contribution >= 4 is 11.8 Å². The number of hydrogen-bond acceptors (Lipinski definition) is 3. The van der Waals surface area contributed by atoms with E-state index in [1.54, 1.807) is 36.0 Å². The van der Waals surface area contributed by atoms with Crippen LogP contribution < -0.4 is 4.90 Å². The zero-order chi connectivity index (χ0) is 19.6. The lowest BCUT2D eigenvalue weighted by atomic mass is 10.2. The highest BCUT2D eigenvalue weighted by Gasteiger charge is 2.24. The molecule has 7 heteroatoms. The van der Waals surface area contributed by atoms with Gasteiger partial charge in [-0.05, 0) is 55.8 Å². The molecule has 2 atom stereocenters. The van der Waals surface area contributed by atoms with Gasteiger partial charge in [-0.25, -0.2) is 8.78 Å². The first-order valence-corrected chi connectivity index (χ1v) is 9.68. The van der Waals surface area contributed by atoms with Crippen LogP contribution in [0, 0.1) is 11.6 Å². The third-order valence-electron chi connectivity index (χ3n) is 4.62. The second kappa shape index (κ2) is 8.19. The molecule has 1 aromatic heterocycles. The van der Waals surface area contributed by atoms with Crippen molar-refractivity contribution in [1.82, 2.24) is 14.8 Å². The van der Waals surface area contributed by atoms with Gasteiger partial charge in [0.1, 0.15) is 17.7 Å². The number of rotatable bonds is 6. The molecule has 1 heterocycles. The van der Waals surface area contributed by atoms with Crippen molar-refractivity contribution in [2.24, 2.45) is 0 Å². The summed E-state index contributed by atoms with van der Waals surface area (Å²) in [7, 11) is 4.12. The van der Waals surface area contributed by atoms with Gasteiger partial charge in [-0.15, -0.1) is 10.2 Å². The summed E-state index contributed by atoms with van der Waals surface area (Å²) >= 11 is 1.54. The van der Waals surface area contributed by atoms with Gasteiger partial charge in [0, 0.05) is 10.9 Å². The van der Waals surface area contributed by atoms with Crippen LogP contribution >= 0.6 is 11.8 Å². The van der Waals surface area contributed by atoms with E-state index in [-0.39, 0.29) is 22.9 Å². The van der Waals surface area contributed by atoms with Gasteiger partial charge in [0.15, 0.2) is 11.0 Å². The number of benzene rings is 2. The van der Waals surface area contributed by atoms with E-state index in [0.29, 0.717) is 0 Å². The molecule has 0 saturated carbocycles. The molecule has 142 valence electrons. The Bertz CT molecular complexity index is 891. The SMILES string of the molecule is C[C@H](Sc1nnc([C@H](C)[NH+](C)C)n1-c1ccc(F)cc1)c1ccc(F)cc1. The predicted octanol–water partition coefficient (Wildman–Crippen LogP) is 3.60. The highest BCUT2D eigenvalue weighted by atomic mass is 32.2. The van der Waals surface area contributed by atoms with Crippen LogP contribution in [-0.4, -0.2) is 28.9 Å². The number of hydrogen-bond donors (Lipinski definition) is 1. The van der Waals surface area contributed by atoms with Gasteiger partial charge in [-0.1, -0.05) is 23.9 Å². The fourth-order valence-electron chi connectivity index (χ4n) is 2.69. The topological polar surface area (TPSA) is 35.2 Å². The minimum absolute atomic E-state index is 0.0591. The highest BCUT2D eigenvalue weighted by molar-refractivity contribution is 7.99. The summed E-state index contributed by atoms with van der Waals surface area (Å²) in [6, 6.07) is 12.9. The number of quaternary nitrogens is 1. The van der Waals surface area contributed by atoms with E-state index in [0.717, 1.165) is 22.2 Å². The molecule has 0 aliphatic carbocycles. The molecule has 0 aliphatic heterocycles. The summed E-state index contributed by atoms with van der Waals surface area (Å²) in [5.41, 5.74) is 1.82. The van der Waals surface area contributed by atoms with Gasteiger partial charge >= 0.3 is 0 Å². The Morgan fingerprint density at radius 1 is 0.889 bits per heavy atom. The Balaban J connectivity index is 1.99. The standard InChI is InChI=1S/C20H22F2N4S/c1-13(25(3)4)19-23-24-20(26(19)18-11-9-17(22)10-12-18)27-14(2)15-5-7-16(21)8-6-15/h5-14H,1-4H3/p+1/t13-,14-/m0/s1. The molecule has 3 aromatic rings. The van der Waals surface area contributed by atoms with Crippen LogP contribution in [0.5, 0.6) is 0 Å². The maximum Gasteiger partial charge on any atom is 0.196 e. The lowest BCUT2D eigenvalue weighted by molar-refractivity contribution is -0.890. The fourth-order valence-corrected chi connectivity index (χ4v) is 3.69. The van der Waals surface area contributed by atoms with Gasteiger partial charge in [-0.3, -0.25) is 4.57 Å². The summed E-state index contributed by atoms with van der Waals surface area (Å²) in [6.07, 6.45) is 0. The first-order valence-electron chi connectivity index (χ1n) is 8.80. The predicted molar refractivity (Wildman–Crippen MR) is 103 cm³/mol. The van der Waals surface area contributed by atoms with Gasteiger partial charge < -0.3 is 4.90 Å². The monoisotopic (exact) mass is 389 g/mol. The van der Waals surface area contributed by atoms with Crippen molar-refractivity contribution in [1.29, 1.82) is 0 Å². The van der Waals surface area contributed by atoms with Crippen LogP contribution in [0.4, 0.5) is 8.78 Å². The van der Waals surface area contributed by atoms with E-state index in [1.165, 1.54) is 29.2 Å². The van der Waals surface area contributed by atoms with E-state index in [1.807, 2.05) is 11.5 Å². The maximum absolute atomic E-state index is 13.4. The number of nitrogens with zero attached hydrogens (tertiary/aromatic N) is 3. The molecule has 2 aromatic carbocycles. The molecule has 4 nitrogen and oxygen atoms in total. The van der Waals surface area contributed by atoms with Crippen LogP contribution in [-0.2, 0) is 0 Å². The van der Waals surface area contributed by atoms with Gasteiger partial charge in [-0.2, -0.15) is 0 Å². The Labute approximate surface area is 162 Å². The molecule has 0 radical (unpaired) electrons. The first-order chi connectivity index (χ1) is 12.9. The van der Waals surface area contributed by atoms with Crippen molar-refractivity contribution < 1.29 is 13.7 Å². The molecular formula is C20H23F2N4S+. The van der Waals surface area contributed by atoms with Crippen LogP contribution in [0.2, 0.25) is 0 Å². The van der Waals surface area contributed by atoms with Crippen molar-refractivity contribution in [2.75, 3.05) is 14.1 Å². The summed E-state index contributed by atoms with van der Waals surface area (Å²) < 4.78 is 28.6. The largest absolute Gasteiger partial charge is 0.331 e. The van der Waals surface area contributed by atoms with Gasteiger partial charge in [0.2, 0.25) is 0 Å². The number of nitrogens with one attached hydrogen (secondary N) is 1. The van der Waals surface area contributed by atoms with Gasteiger partial charge in [0.05, 0.1) is 14.1 Å². The summed E-state index contributed by atoms with van der Waals surface area (Å²) in [5.74, 6) is 0.277. The molecule has 0 saturated heterocycles. The molecule has 0 unspecified atom stereocenters. The third kappa shape index (κ3) is 4.36. The second-order valence-corrected chi connectivity index (χ2v) is 8.07. The Morgan fingerprint density at radius 2 is 1.44 bits per heavy atom. The molecule has 1 N–H and O–H groups in total. The Morgan fingerprint density at radius 3 is 2.00 bits per heavy atom. The van der Waals surface area contributed by atoms with Gasteiger partial charge in [0.25, 0.3) is 0 Å². The average Bonchev–Trinajstić information content (AvgIpc) is 3.05. The van der Waals surface area contributed by atoms with Crippen LogP contribution in [0.1, 0.15) is 36.5 Å². The minimum atomic E-state index is -0.284. The number of halogens is 2. The van der Waals surface area contributed by atoms with Crippen molar-refractivity contribution in [2.45, 2.75) is 30.3 Å². The zero-order valence-electron chi connectivity index (χ0n) is 15.8. The lowest BCUT2D eigenvalue weighted by Gasteiger charge is -2.19. The van der Waals surface area contributed by atoms with E-state index < -0.39 is 0 Å². The van der Waals surface area contributed by atoms with E-state index in [9.17, 15) is 8.78 Å². The minimum Gasteiger partial charge on any atom is -0.331 e. The average molecular weight is 389 g/mol. The van der Waals surface area contributed by atoms with Crippen molar-refractivity contribution in [3.63, 3.8) is 0 Å². The summed E-state index contributed by atoms with van der Waals surface area (Å²) in [5, 5.41) is 9.59. The molecule has 3 rings (SSSR count). The quantitative estimate of drug-likeness (QED) is 0.654. The first kappa shape index (κ1) is 19.5. The molecule has 0 spiro atoms. The summed E-state index contributed by atoms with van der Waals surface area (Å²) in [4.78, 5) is 1.22. The summed E-state index contributed by atoms with van der Waals surface area (Å²) in [6.45, 7) is 4.12. The van der Waals surface area contributed by atoms with E-state index in [2.05, 4.69) is 31.2 Å². The molecule has 0 amide bonds. The lowest BCUT2D eigenvalue weighted by Crippen LogP contribution is -3.05. The maximum atomic E-state index is 13.4. The van der Waals surface area contributed by atoms with E-state index >= 15 is 0 Å². The second-order valence-electron chi connectivity index (χ2n) is 6.76. The fraction of sp³-hybridized carbons (Fsp3) is 0.300. The number of thioether (sulfide) groups is 1. The third-order valence-corrected chi connectivity index (χ3v) is 5.72. The Kier molecular flexibility index (Phi) is 5.92. The molecule has 0 fully saturated rings. The Hall–Kier alpha value is -2.25. The molecule has 0 aliphatic rings. The molecular weight excluding hydrogens is 366 g/mol. The smallest absolute Gasteiger partial charge is 0.196 e. The van der Waals surface area contributed by atoms with Crippen molar-refractivity contribution in [3.05, 3.63) is 71.6 Å². The normalized spacial score (nSPS) is 13.7.